The molecule has 110 valence electrons. The average Bonchev–Trinajstić information content (AvgIpc) is 2.33. The molecule has 4 nitrogen and oxygen atoms in total. The van der Waals surface area contributed by atoms with Gasteiger partial charge in [0.1, 0.15) is 5.75 Å². The highest BCUT2D eigenvalue weighted by molar-refractivity contribution is 5.79. The van der Waals surface area contributed by atoms with Gasteiger partial charge in [-0.2, -0.15) is 0 Å². The van der Waals surface area contributed by atoms with Gasteiger partial charge in [-0.3, -0.25) is 4.79 Å². The fraction of sp³-hybridized carbons (Fsp3) is 0.562. The average molecular weight is 277 g/mol. The maximum Gasteiger partial charge on any atom is 0.223 e. The first kappa shape index (κ1) is 14.9. The van der Waals surface area contributed by atoms with Gasteiger partial charge in [0.2, 0.25) is 5.91 Å². The third kappa shape index (κ3) is 3.97. The van der Waals surface area contributed by atoms with E-state index >= 15 is 0 Å². The minimum atomic E-state index is -0.699. The number of ether oxygens (including phenoxy) is 1. The van der Waals surface area contributed by atoms with E-state index in [-0.39, 0.29) is 24.5 Å². The normalized spacial score (nSPS) is 16.6. The molecule has 1 atom stereocenters. The number of amides is 1. The van der Waals surface area contributed by atoms with E-state index in [9.17, 15) is 9.90 Å². The van der Waals surface area contributed by atoms with E-state index in [1.54, 1.807) is 0 Å². The molecule has 1 aliphatic rings. The van der Waals surface area contributed by atoms with Crippen LogP contribution in [0.2, 0.25) is 0 Å². The Balaban J connectivity index is 1.87. The molecule has 1 aromatic carbocycles. The molecule has 1 aromatic rings. The van der Waals surface area contributed by atoms with Gasteiger partial charge in [-0.25, -0.2) is 0 Å². The minimum absolute atomic E-state index is 0.0601. The summed E-state index contributed by atoms with van der Waals surface area (Å²) in [6.07, 6.45) is 2.48. The fourth-order valence-corrected chi connectivity index (χ4v) is 2.20. The molecule has 2 rings (SSSR count). The molecule has 0 bridgehead atoms. The van der Waals surface area contributed by atoms with Crippen LogP contribution in [-0.2, 0) is 4.79 Å². The fourth-order valence-electron chi connectivity index (χ4n) is 2.20. The molecule has 0 aromatic heterocycles. The number of hydrogen-bond acceptors (Lipinski definition) is 3. The summed E-state index contributed by atoms with van der Waals surface area (Å²) in [7, 11) is 0. The molecule has 1 aliphatic carbocycles. The summed E-state index contributed by atoms with van der Waals surface area (Å²) >= 11 is 0. The van der Waals surface area contributed by atoms with Crippen LogP contribution >= 0.6 is 0 Å². The predicted octanol–water partition coefficient (Wildman–Crippen LogP) is 2.42. The lowest BCUT2D eigenvalue weighted by Gasteiger charge is -2.24. The lowest BCUT2D eigenvalue weighted by Crippen LogP contribution is -2.36. The maximum atomic E-state index is 11.7. The first-order chi connectivity index (χ1) is 9.56. The van der Waals surface area contributed by atoms with Gasteiger partial charge in [0.05, 0.1) is 12.2 Å². The summed E-state index contributed by atoms with van der Waals surface area (Å²) in [6.45, 7) is 4.17. The second-order valence-electron chi connectivity index (χ2n) is 5.63. The second kappa shape index (κ2) is 6.75. The molecular formula is C16H23NO3. The lowest BCUT2D eigenvalue weighted by molar-refractivity contribution is -0.127. The van der Waals surface area contributed by atoms with Gasteiger partial charge in [0.15, 0.2) is 0 Å². The van der Waals surface area contributed by atoms with E-state index in [0.717, 1.165) is 30.6 Å². The monoisotopic (exact) mass is 277 g/mol. The number of nitrogens with one attached hydrogen (secondary N) is 1. The van der Waals surface area contributed by atoms with Gasteiger partial charge in [-0.15, -0.1) is 0 Å². The topological polar surface area (TPSA) is 58.6 Å². The molecular weight excluding hydrogens is 254 g/mol. The molecule has 1 fully saturated rings. The van der Waals surface area contributed by atoms with Gasteiger partial charge in [0.25, 0.3) is 0 Å². The van der Waals surface area contributed by atoms with Crippen molar-refractivity contribution in [2.24, 2.45) is 5.92 Å². The number of rotatable bonds is 6. The van der Waals surface area contributed by atoms with Gasteiger partial charge in [0, 0.05) is 12.5 Å². The SMILES string of the molecule is CC(C)Oc1cccc(C(O)CNC(=O)C2CCC2)c1. The molecule has 1 amide bonds. The zero-order valence-electron chi connectivity index (χ0n) is 12.1. The Bertz CT molecular complexity index is 455. The number of carbonyl (C=O) groups excluding carboxylic acids is 1. The van der Waals surface area contributed by atoms with Crippen LogP contribution in [0.25, 0.3) is 0 Å². The van der Waals surface area contributed by atoms with Crippen LogP contribution in [0.4, 0.5) is 0 Å². The first-order valence-electron chi connectivity index (χ1n) is 7.28. The quantitative estimate of drug-likeness (QED) is 0.839. The number of benzene rings is 1. The molecule has 1 unspecified atom stereocenters. The highest BCUT2D eigenvalue weighted by Crippen LogP contribution is 2.26. The Labute approximate surface area is 120 Å². The van der Waals surface area contributed by atoms with E-state index in [0.29, 0.717) is 0 Å². The van der Waals surface area contributed by atoms with Crippen molar-refractivity contribution < 1.29 is 14.6 Å². The molecule has 0 heterocycles. The zero-order chi connectivity index (χ0) is 14.5. The van der Waals surface area contributed by atoms with Crippen LogP contribution in [0, 0.1) is 5.92 Å². The molecule has 0 spiro atoms. The summed E-state index contributed by atoms with van der Waals surface area (Å²) in [5.41, 5.74) is 0.761. The largest absolute Gasteiger partial charge is 0.491 e. The van der Waals surface area contributed by atoms with Crippen LogP contribution in [0.3, 0.4) is 0 Å². The third-order valence-electron chi connectivity index (χ3n) is 3.56. The molecule has 20 heavy (non-hydrogen) atoms. The Morgan fingerprint density at radius 2 is 2.20 bits per heavy atom. The molecule has 1 saturated carbocycles. The summed E-state index contributed by atoms with van der Waals surface area (Å²) in [5, 5.41) is 12.9. The third-order valence-corrected chi connectivity index (χ3v) is 3.56. The summed E-state index contributed by atoms with van der Waals surface area (Å²) < 4.78 is 5.60. The van der Waals surface area contributed by atoms with Crippen LogP contribution in [0.1, 0.15) is 44.8 Å². The Morgan fingerprint density at radius 1 is 1.45 bits per heavy atom. The molecule has 0 saturated heterocycles. The van der Waals surface area contributed by atoms with Crippen molar-refractivity contribution >= 4 is 5.91 Å². The highest BCUT2D eigenvalue weighted by Gasteiger charge is 2.25. The van der Waals surface area contributed by atoms with Crippen molar-refractivity contribution in [2.75, 3.05) is 6.54 Å². The van der Waals surface area contributed by atoms with E-state index in [4.69, 9.17) is 4.74 Å². The maximum absolute atomic E-state index is 11.7. The van der Waals surface area contributed by atoms with Crippen molar-refractivity contribution in [1.29, 1.82) is 0 Å². The van der Waals surface area contributed by atoms with Crippen molar-refractivity contribution in [3.8, 4) is 5.75 Å². The van der Waals surface area contributed by atoms with Crippen LogP contribution in [0.15, 0.2) is 24.3 Å². The number of aliphatic hydroxyl groups is 1. The molecule has 4 heteroatoms. The smallest absolute Gasteiger partial charge is 0.223 e. The predicted molar refractivity (Wildman–Crippen MR) is 77.5 cm³/mol. The Kier molecular flexibility index (Phi) is 5.01. The summed E-state index contributed by atoms with van der Waals surface area (Å²) in [6, 6.07) is 7.38. The number of carbonyl (C=O) groups is 1. The second-order valence-corrected chi connectivity index (χ2v) is 5.63. The van der Waals surface area contributed by atoms with Crippen LogP contribution in [0.5, 0.6) is 5.75 Å². The standard InChI is InChI=1S/C16H23NO3/c1-11(2)20-14-8-4-7-13(9-14)15(18)10-17-16(19)12-5-3-6-12/h4,7-9,11-12,15,18H,3,5-6,10H2,1-2H3,(H,17,19). The summed E-state index contributed by atoms with van der Waals surface area (Å²) in [5.74, 6) is 0.949. The molecule has 0 radical (unpaired) electrons. The van der Waals surface area contributed by atoms with E-state index in [2.05, 4.69) is 5.32 Å². The Hall–Kier alpha value is -1.55. The van der Waals surface area contributed by atoms with Gasteiger partial charge >= 0.3 is 0 Å². The summed E-state index contributed by atoms with van der Waals surface area (Å²) in [4.78, 5) is 11.7. The molecule has 0 aliphatic heterocycles. The first-order valence-corrected chi connectivity index (χ1v) is 7.28. The molecule has 2 N–H and O–H groups in total. The Morgan fingerprint density at radius 3 is 2.80 bits per heavy atom. The van der Waals surface area contributed by atoms with Gasteiger partial charge in [-0.05, 0) is 44.4 Å². The number of aliphatic hydroxyl groups excluding tert-OH is 1. The van der Waals surface area contributed by atoms with Crippen LogP contribution < -0.4 is 10.1 Å². The lowest BCUT2D eigenvalue weighted by atomic mass is 9.85. The highest BCUT2D eigenvalue weighted by atomic mass is 16.5. The van der Waals surface area contributed by atoms with Gasteiger partial charge in [-0.1, -0.05) is 18.6 Å². The van der Waals surface area contributed by atoms with Crippen LogP contribution in [-0.4, -0.2) is 23.7 Å². The van der Waals surface area contributed by atoms with E-state index < -0.39 is 6.10 Å². The van der Waals surface area contributed by atoms with Crippen molar-refractivity contribution in [3.63, 3.8) is 0 Å². The minimum Gasteiger partial charge on any atom is -0.491 e. The van der Waals surface area contributed by atoms with E-state index in [1.165, 1.54) is 0 Å². The van der Waals surface area contributed by atoms with Gasteiger partial charge < -0.3 is 15.2 Å². The van der Waals surface area contributed by atoms with Crippen molar-refractivity contribution in [1.82, 2.24) is 5.32 Å². The van der Waals surface area contributed by atoms with Crippen molar-refractivity contribution in [3.05, 3.63) is 29.8 Å². The zero-order valence-corrected chi connectivity index (χ0v) is 12.1. The van der Waals surface area contributed by atoms with Crippen molar-refractivity contribution in [2.45, 2.75) is 45.3 Å². The van der Waals surface area contributed by atoms with E-state index in [1.807, 2.05) is 38.1 Å². The number of hydrogen-bond donors (Lipinski definition) is 2.